The molecule has 0 aliphatic heterocycles. The van der Waals surface area contributed by atoms with Gasteiger partial charge in [0.2, 0.25) is 0 Å². The lowest BCUT2D eigenvalue weighted by atomic mass is 9.68. The normalized spacial score (nSPS) is 39.4. The standard InChI is InChI=1S/C16H27N.C15H25N/c1-2-4-13-7-9-15(10-8-13)16-6-3-5-14(11-16)12-17;1-2-12-6-8-14(9-7-12)15-5-3-4-13(10-15)11-16/h13-16H,2-11H2,1H3;12-15H,2-10H2,1H3/t13-,14?,15-,16?;12-,13?,14-,15?. The Labute approximate surface area is 205 Å². The molecule has 0 aromatic heterocycles. The predicted octanol–water partition coefficient (Wildman–Crippen LogP) is 9.46. The van der Waals surface area contributed by atoms with Crippen LogP contribution in [0.25, 0.3) is 0 Å². The SMILES string of the molecule is CCC[C@H]1CC[C@H](C2CCCC(C#N)C2)CC1.CC[C@H]1CC[C@H](C2CCCC(C#N)C2)CC1. The van der Waals surface area contributed by atoms with Gasteiger partial charge in [-0.2, -0.15) is 10.5 Å². The minimum atomic E-state index is 0.377. The first-order valence-corrected chi connectivity index (χ1v) is 15.0. The second kappa shape index (κ2) is 14.4. The van der Waals surface area contributed by atoms with Crippen molar-refractivity contribution in [2.24, 2.45) is 47.3 Å². The predicted molar refractivity (Wildman–Crippen MR) is 138 cm³/mol. The highest BCUT2D eigenvalue weighted by molar-refractivity contribution is 4.91. The third-order valence-corrected chi connectivity index (χ3v) is 10.2. The van der Waals surface area contributed by atoms with Gasteiger partial charge in [0.1, 0.15) is 0 Å². The largest absolute Gasteiger partial charge is 0.198 e. The number of hydrogen-bond donors (Lipinski definition) is 0. The Bertz CT molecular complexity index is 612. The molecular weight excluding hydrogens is 400 g/mol. The molecule has 4 atom stereocenters. The van der Waals surface area contributed by atoms with Gasteiger partial charge in [0.25, 0.3) is 0 Å². The summed E-state index contributed by atoms with van der Waals surface area (Å²) in [7, 11) is 0. The number of nitriles is 2. The van der Waals surface area contributed by atoms with E-state index in [4.69, 9.17) is 10.5 Å². The Morgan fingerprint density at radius 2 is 1.00 bits per heavy atom. The summed E-state index contributed by atoms with van der Waals surface area (Å²) >= 11 is 0. The van der Waals surface area contributed by atoms with Gasteiger partial charge < -0.3 is 0 Å². The summed E-state index contributed by atoms with van der Waals surface area (Å²) in [6.07, 6.45) is 26.0. The van der Waals surface area contributed by atoms with Crippen LogP contribution < -0.4 is 0 Å². The van der Waals surface area contributed by atoms with E-state index < -0.39 is 0 Å². The van der Waals surface area contributed by atoms with Crippen molar-refractivity contribution in [2.45, 2.75) is 136 Å². The Morgan fingerprint density at radius 1 is 0.545 bits per heavy atom. The van der Waals surface area contributed by atoms with Gasteiger partial charge in [-0.05, 0) is 86.9 Å². The number of hydrogen-bond acceptors (Lipinski definition) is 2. The molecule has 4 rings (SSSR count). The Morgan fingerprint density at radius 3 is 1.39 bits per heavy atom. The molecule has 2 nitrogen and oxygen atoms in total. The van der Waals surface area contributed by atoms with Gasteiger partial charge in [-0.15, -0.1) is 0 Å². The van der Waals surface area contributed by atoms with Crippen LogP contribution in [-0.4, -0.2) is 0 Å². The van der Waals surface area contributed by atoms with E-state index in [2.05, 4.69) is 26.0 Å². The highest BCUT2D eigenvalue weighted by Crippen LogP contribution is 2.43. The highest BCUT2D eigenvalue weighted by atomic mass is 14.4. The van der Waals surface area contributed by atoms with E-state index in [9.17, 15) is 0 Å². The average molecular weight is 453 g/mol. The molecule has 0 aromatic carbocycles. The maximum absolute atomic E-state index is 9.07. The first-order chi connectivity index (χ1) is 16.2. The molecule has 186 valence electrons. The minimum Gasteiger partial charge on any atom is -0.198 e. The second-order valence-corrected chi connectivity index (χ2v) is 12.3. The molecule has 0 heterocycles. The zero-order valence-electron chi connectivity index (χ0n) is 21.9. The summed E-state index contributed by atoms with van der Waals surface area (Å²) in [5.74, 6) is 6.47. The topological polar surface area (TPSA) is 47.6 Å². The van der Waals surface area contributed by atoms with Gasteiger partial charge in [-0.3, -0.25) is 0 Å². The molecule has 0 amide bonds. The van der Waals surface area contributed by atoms with Crippen molar-refractivity contribution in [3.05, 3.63) is 0 Å². The fraction of sp³-hybridized carbons (Fsp3) is 0.935. The lowest BCUT2D eigenvalue weighted by Crippen LogP contribution is -2.26. The third kappa shape index (κ3) is 8.30. The summed E-state index contributed by atoms with van der Waals surface area (Å²) in [4.78, 5) is 0. The first kappa shape index (κ1) is 26.6. The van der Waals surface area contributed by atoms with Gasteiger partial charge in [-0.1, -0.05) is 84.5 Å². The van der Waals surface area contributed by atoms with Gasteiger partial charge in [0.15, 0.2) is 0 Å². The Kier molecular flexibility index (Phi) is 11.6. The van der Waals surface area contributed by atoms with E-state index in [0.717, 1.165) is 48.3 Å². The van der Waals surface area contributed by atoms with Crippen molar-refractivity contribution in [1.29, 1.82) is 10.5 Å². The Balaban J connectivity index is 0.000000186. The van der Waals surface area contributed by atoms with E-state index in [-0.39, 0.29) is 0 Å². The molecular formula is C31H52N2. The zero-order chi connectivity index (χ0) is 23.5. The zero-order valence-corrected chi connectivity index (χ0v) is 21.9. The van der Waals surface area contributed by atoms with Crippen LogP contribution in [0, 0.1) is 70.0 Å². The van der Waals surface area contributed by atoms with Crippen LogP contribution in [0.1, 0.15) is 136 Å². The van der Waals surface area contributed by atoms with Gasteiger partial charge in [-0.25, -0.2) is 0 Å². The lowest BCUT2D eigenvalue weighted by molar-refractivity contribution is 0.150. The fourth-order valence-electron chi connectivity index (χ4n) is 7.97. The fourth-order valence-corrected chi connectivity index (χ4v) is 7.97. The maximum Gasteiger partial charge on any atom is 0.0655 e. The summed E-state index contributed by atoms with van der Waals surface area (Å²) in [5.41, 5.74) is 0. The molecule has 0 spiro atoms. The van der Waals surface area contributed by atoms with Gasteiger partial charge in [0.05, 0.1) is 12.1 Å². The van der Waals surface area contributed by atoms with Crippen LogP contribution in [0.4, 0.5) is 0 Å². The van der Waals surface area contributed by atoms with E-state index in [1.54, 1.807) is 0 Å². The first-order valence-electron chi connectivity index (χ1n) is 15.0. The van der Waals surface area contributed by atoms with Crippen molar-refractivity contribution in [1.82, 2.24) is 0 Å². The van der Waals surface area contributed by atoms with Crippen LogP contribution in [0.5, 0.6) is 0 Å². The molecule has 33 heavy (non-hydrogen) atoms. The lowest BCUT2D eigenvalue weighted by Gasteiger charge is -2.37. The molecule has 0 aromatic rings. The maximum atomic E-state index is 9.07. The summed E-state index contributed by atoms with van der Waals surface area (Å²) in [5, 5.41) is 18.1. The molecule has 2 heteroatoms. The Hall–Kier alpha value is -1.02. The molecule has 0 radical (unpaired) electrons. The average Bonchev–Trinajstić information content (AvgIpc) is 2.90. The molecule has 4 unspecified atom stereocenters. The van der Waals surface area contributed by atoms with Crippen LogP contribution >= 0.6 is 0 Å². The van der Waals surface area contributed by atoms with Gasteiger partial charge >= 0.3 is 0 Å². The van der Waals surface area contributed by atoms with Crippen LogP contribution in [0.3, 0.4) is 0 Å². The number of rotatable bonds is 5. The molecule has 4 fully saturated rings. The quantitative estimate of drug-likeness (QED) is 0.417. The summed E-state index contributed by atoms with van der Waals surface area (Å²) in [6.45, 7) is 4.64. The molecule has 0 saturated heterocycles. The molecule has 0 bridgehead atoms. The van der Waals surface area contributed by atoms with Crippen molar-refractivity contribution >= 4 is 0 Å². The van der Waals surface area contributed by atoms with E-state index in [1.807, 2.05) is 0 Å². The van der Waals surface area contributed by atoms with Crippen molar-refractivity contribution in [3.63, 3.8) is 0 Å². The monoisotopic (exact) mass is 452 g/mol. The van der Waals surface area contributed by atoms with E-state index in [0.29, 0.717) is 11.8 Å². The second-order valence-electron chi connectivity index (χ2n) is 12.3. The highest BCUT2D eigenvalue weighted by Gasteiger charge is 2.32. The van der Waals surface area contributed by atoms with Crippen LogP contribution in [0.15, 0.2) is 0 Å². The summed E-state index contributed by atoms with van der Waals surface area (Å²) in [6, 6.07) is 4.99. The smallest absolute Gasteiger partial charge is 0.0655 e. The van der Waals surface area contributed by atoms with Crippen molar-refractivity contribution in [2.75, 3.05) is 0 Å². The van der Waals surface area contributed by atoms with Crippen molar-refractivity contribution < 1.29 is 0 Å². The van der Waals surface area contributed by atoms with Gasteiger partial charge in [0, 0.05) is 11.8 Å². The van der Waals surface area contributed by atoms with Crippen molar-refractivity contribution in [3.8, 4) is 12.1 Å². The molecule has 4 saturated carbocycles. The van der Waals surface area contributed by atoms with E-state index >= 15 is 0 Å². The molecule has 4 aliphatic rings. The minimum absolute atomic E-state index is 0.377. The summed E-state index contributed by atoms with van der Waals surface area (Å²) < 4.78 is 0. The van der Waals surface area contributed by atoms with Crippen LogP contribution in [0.2, 0.25) is 0 Å². The molecule has 0 N–H and O–H groups in total. The third-order valence-electron chi connectivity index (χ3n) is 10.2. The molecule has 4 aliphatic carbocycles. The number of nitrogens with zero attached hydrogens (tertiary/aromatic N) is 2. The van der Waals surface area contributed by atoms with Crippen LogP contribution in [-0.2, 0) is 0 Å². The van der Waals surface area contributed by atoms with E-state index in [1.165, 1.54) is 109 Å².